The van der Waals surface area contributed by atoms with Crippen molar-refractivity contribution < 1.29 is 0 Å². The molecule has 0 fully saturated rings. The average Bonchev–Trinajstić information content (AvgIpc) is 0.984. The van der Waals surface area contributed by atoms with Crippen molar-refractivity contribution in [3.05, 3.63) is 364 Å². The van der Waals surface area contributed by atoms with Crippen LogP contribution in [0, 0.1) is 0 Å². The smallest absolute Gasteiger partial charge is 0.0619 e. The lowest BCUT2D eigenvalue weighted by Gasteiger charge is -2.43. The normalized spacial score (nSPS) is 12.2. The zero-order valence-electron chi connectivity index (χ0n) is 48.4. The molecule has 0 N–H and O–H groups in total. The van der Waals surface area contributed by atoms with E-state index in [-0.39, 0.29) is 0 Å². The van der Waals surface area contributed by atoms with Crippen molar-refractivity contribution in [1.29, 1.82) is 0 Å². The van der Waals surface area contributed by atoms with Gasteiger partial charge in [-0.15, -0.1) is 20.1 Å². The second-order valence-electron chi connectivity index (χ2n) is 22.4. The molecule has 0 aliphatic heterocycles. The van der Waals surface area contributed by atoms with Crippen LogP contribution in [0.3, 0.4) is 0 Å². The Balaban J connectivity index is 0.978. The molecule has 418 valence electrons. The Labute approximate surface area is 517 Å². The third-order valence-corrected chi connectivity index (χ3v) is 25.3. The minimum absolute atomic E-state index is 1.11. The topological polar surface area (TPSA) is 9.86 Å². The van der Waals surface area contributed by atoms with Gasteiger partial charge in [0, 0.05) is 77.5 Å². The summed E-state index contributed by atoms with van der Waals surface area (Å²) in [5, 5.41) is 4.82. The molecule has 14 aromatic carbocycles. The molecular formula is C84H60N2S2. The Hall–Kier alpha value is -10.6. The monoisotopic (exact) mass is 1160 g/mol. The molecule has 4 heteroatoms. The lowest BCUT2D eigenvalue weighted by atomic mass is 9.95. The molecule has 0 radical (unpaired) electrons. The van der Waals surface area contributed by atoms with Crippen LogP contribution in [0.25, 0.3) is 88.4 Å². The standard InChI is InChI=1S/C84H60N2S2/c1-9-30-61(31-10-1)64-36-29-47-71(56-64)88(69-43-21-7-22-44-69,70-45-23-8-24-46-70)73-58-77(62-32-11-2-12-33-62)84(78(59-73)63-34-13-3-14-35-63)86-81-51-28-26-49-75(81)79-57-65(52-55-82(79)86)85-80-50-27-25-48-74(80)76-54-53-72(60-83(76)85)87(66-37-15-4-16-38-66,67-39-17-5-18-40-67)68-41-19-6-20-42-68/h1-60H. The molecule has 0 saturated carbocycles. The van der Waals surface area contributed by atoms with E-state index in [1.807, 2.05) is 0 Å². The maximum atomic E-state index is 2.57. The van der Waals surface area contributed by atoms with Gasteiger partial charge in [0.15, 0.2) is 0 Å². The van der Waals surface area contributed by atoms with Gasteiger partial charge >= 0.3 is 0 Å². The molecule has 0 aliphatic rings. The van der Waals surface area contributed by atoms with Crippen LogP contribution in [0.2, 0.25) is 0 Å². The average molecular weight is 1160 g/mol. The van der Waals surface area contributed by atoms with Crippen LogP contribution in [0.15, 0.2) is 403 Å². The number of nitrogens with zero attached hydrogens (tertiary/aromatic N) is 2. The Morgan fingerprint density at radius 1 is 0.182 bits per heavy atom. The number of hydrogen-bond donors (Lipinski definition) is 0. The van der Waals surface area contributed by atoms with Gasteiger partial charge in [0.05, 0.1) is 27.8 Å². The van der Waals surface area contributed by atoms with Crippen LogP contribution < -0.4 is 0 Å². The van der Waals surface area contributed by atoms with Gasteiger partial charge in [-0.3, -0.25) is 0 Å². The number of hydrogen-bond acceptors (Lipinski definition) is 0. The van der Waals surface area contributed by atoms with E-state index in [4.69, 9.17) is 0 Å². The zero-order valence-corrected chi connectivity index (χ0v) is 50.0. The maximum absolute atomic E-state index is 2.57. The summed E-state index contributed by atoms with van der Waals surface area (Å²) in [5.74, 6) is 0. The predicted molar refractivity (Wildman–Crippen MR) is 371 cm³/mol. The number of fused-ring (bicyclic) bond motifs is 6. The van der Waals surface area contributed by atoms with Crippen LogP contribution in [0.1, 0.15) is 0 Å². The molecule has 0 spiro atoms. The molecule has 0 atom stereocenters. The molecular weight excluding hydrogens is 1100 g/mol. The van der Waals surface area contributed by atoms with Crippen molar-refractivity contribution in [3.63, 3.8) is 0 Å². The lowest BCUT2D eigenvalue weighted by molar-refractivity contribution is 1.15. The number of aromatic nitrogens is 2. The maximum Gasteiger partial charge on any atom is 0.0619 e. The van der Waals surface area contributed by atoms with Crippen LogP contribution in [-0.4, -0.2) is 9.13 Å². The minimum atomic E-state index is -2.21. The van der Waals surface area contributed by atoms with Gasteiger partial charge in [-0.05, 0) is 150 Å². The van der Waals surface area contributed by atoms with Crippen molar-refractivity contribution in [3.8, 4) is 44.8 Å². The van der Waals surface area contributed by atoms with Gasteiger partial charge in [-0.1, -0.05) is 237 Å². The van der Waals surface area contributed by atoms with Gasteiger partial charge in [0.2, 0.25) is 0 Å². The van der Waals surface area contributed by atoms with Crippen LogP contribution in [0.4, 0.5) is 0 Å². The fourth-order valence-corrected chi connectivity index (χ4v) is 21.5. The predicted octanol–water partition coefficient (Wildman–Crippen LogP) is 23.6. The van der Waals surface area contributed by atoms with E-state index in [2.05, 4.69) is 373 Å². The first-order valence-corrected chi connectivity index (χ1v) is 33.4. The van der Waals surface area contributed by atoms with Crippen LogP contribution in [-0.2, 0) is 0 Å². The summed E-state index contributed by atoms with van der Waals surface area (Å²) in [6.07, 6.45) is 0. The summed E-state index contributed by atoms with van der Waals surface area (Å²) in [6.45, 7) is 0. The van der Waals surface area contributed by atoms with Crippen LogP contribution in [0.5, 0.6) is 0 Å². The molecule has 16 aromatic rings. The fourth-order valence-electron chi connectivity index (χ4n) is 13.7. The van der Waals surface area contributed by atoms with E-state index in [9.17, 15) is 0 Å². The Kier molecular flexibility index (Phi) is 13.4. The third kappa shape index (κ3) is 8.67. The van der Waals surface area contributed by atoms with Crippen molar-refractivity contribution in [2.24, 2.45) is 0 Å². The highest BCUT2D eigenvalue weighted by atomic mass is 32.3. The Morgan fingerprint density at radius 3 is 1.02 bits per heavy atom. The molecule has 16 rings (SSSR count). The summed E-state index contributed by atoms with van der Waals surface area (Å²) in [7, 11) is -4.18. The number of para-hydroxylation sites is 2. The highest BCUT2D eigenvalue weighted by molar-refractivity contribution is 8.34. The Bertz CT molecular complexity index is 4970. The van der Waals surface area contributed by atoms with Crippen molar-refractivity contribution >= 4 is 63.7 Å². The van der Waals surface area contributed by atoms with E-state index in [1.54, 1.807) is 0 Å². The minimum Gasteiger partial charge on any atom is -0.309 e. The first-order valence-electron chi connectivity index (χ1n) is 30.1. The molecule has 2 nitrogen and oxygen atoms in total. The summed E-state index contributed by atoms with van der Waals surface area (Å²) < 4.78 is 5.09. The zero-order chi connectivity index (χ0) is 58.4. The molecule has 0 aliphatic carbocycles. The summed E-state index contributed by atoms with van der Waals surface area (Å²) in [6, 6.07) is 136. The summed E-state index contributed by atoms with van der Waals surface area (Å²) >= 11 is 0. The van der Waals surface area contributed by atoms with Gasteiger partial charge in [-0.25, -0.2) is 0 Å². The largest absolute Gasteiger partial charge is 0.309 e. The van der Waals surface area contributed by atoms with Gasteiger partial charge in [-0.2, -0.15) is 0 Å². The van der Waals surface area contributed by atoms with Crippen molar-refractivity contribution in [1.82, 2.24) is 9.13 Å². The van der Waals surface area contributed by atoms with E-state index in [0.717, 1.165) is 44.7 Å². The summed E-state index contributed by atoms with van der Waals surface area (Å²) in [5.41, 5.74) is 13.8. The first-order chi connectivity index (χ1) is 43.7. The fraction of sp³-hybridized carbons (Fsp3) is 0. The van der Waals surface area contributed by atoms with E-state index in [1.165, 1.54) is 82.9 Å². The van der Waals surface area contributed by atoms with Crippen molar-refractivity contribution in [2.45, 2.75) is 39.2 Å². The van der Waals surface area contributed by atoms with Crippen LogP contribution >= 0.6 is 20.1 Å². The van der Waals surface area contributed by atoms with Gasteiger partial charge in [0.25, 0.3) is 0 Å². The molecule has 88 heavy (non-hydrogen) atoms. The van der Waals surface area contributed by atoms with E-state index in [0.29, 0.717) is 0 Å². The lowest BCUT2D eigenvalue weighted by Crippen LogP contribution is -2.08. The van der Waals surface area contributed by atoms with E-state index < -0.39 is 20.1 Å². The van der Waals surface area contributed by atoms with Gasteiger partial charge < -0.3 is 9.13 Å². The highest BCUT2D eigenvalue weighted by Gasteiger charge is 2.37. The molecule has 0 amide bonds. The third-order valence-electron chi connectivity index (χ3n) is 17.5. The quantitative estimate of drug-likeness (QED) is 0.109. The second-order valence-corrected chi connectivity index (χ2v) is 28.6. The highest BCUT2D eigenvalue weighted by Crippen LogP contribution is 2.75. The number of benzene rings is 14. The van der Waals surface area contributed by atoms with E-state index >= 15 is 0 Å². The molecule has 0 saturated heterocycles. The van der Waals surface area contributed by atoms with Crippen molar-refractivity contribution in [2.75, 3.05) is 0 Å². The first kappa shape index (κ1) is 52.9. The second kappa shape index (κ2) is 22.3. The summed E-state index contributed by atoms with van der Waals surface area (Å²) in [4.78, 5) is 10.2. The van der Waals surface area contributed by atoms with Gasteiger partial charge in [0.1, 0.15) is 0 Å². The molecule has 0 unspecified atom stereocenters. The molecule has 2 aromatic heterocycles. The molecule has 0 bridgehead atoms. The molecule has 2 heterocycles. The Morgan fingerprint density at radius 2 is 0.534 bits per heavy atom. The number of rotatable bonds is 13. The SMILES string of the molecule is c1ccc(-c2cccc(S(c3ccccc3)(c3ccccc3)c3cc(-c4ccccc4)c(-n4c5ccccc5c5cc(-n6c7ccccc7c7ccc(S(c8ccccc8)(c8ccccc8)c8ccccc8)cc76)ccc54)c(-c4ccccc4)c3)c2)cc1.